The fourth-order valence-corrected chi connectivity index (χ4v) is 8.90. The standard InChI is InChI=1S/C45H40N4/c1-30-24-32-25-31(2)28-45(27-30,29-32)38-20-16-34(17-21-38)40-14-7-8-15-41(40)44-48-42(35-10-5-4-6-11-35)47-43(49-44)37-13-9-12-36(26-37)33-18-22-39(46-3)23-19-33/h4-23,26,30-32H,24-25,27-29H2,1-2H3/t30-,31+,32?,45?. The first-order chi connectivity index (χ1) is 24.0. The van der Waals surface area contributed by atoms with Crippen LogP contribution in [0, 0.1) is 24.3 Å². The molecule has 1 aromatic heterocycles. The molecule has 4 heteroatoms. The van der Waals surface area contributed by atoms with Gasteiger partial charge in [-0.3, -0.25) is 0 Å². The lowest BCUT2D eigenvalue weighted by molar-refractivity contribution is 0.0780. The second-order valence-electron chi connectivity index (χ2n) is 14.5. The maximum Gasteiger partial charge on any atom is 0.187 e. The number of hydrogen-bond donors (Lipinski definition) is 0. The molecule has 1 heterocycles. The Morgan fingerprint density at radius 3 is 1.80 bits per heavy atom. The molecule has 0 radical (unpaired) electrons. The predicted octanol–water partition coefficient (Wildman–Crippen LogP) is 11.9. The minimum atomic E-state index is 0.305. The molecule has 5 aromatic carbocycles. The van der Waals surface area contributed by atoms with E-state index in [1.165, 1.54) is 43.2 Å². The van der Waals surface area contributed by atoms with Crippen molar-refractivity contribution in [2.45, 2.75) is 51.4 Å². The highest BCUT2D eigenvalue weighted by molar-refractivity contribution is 5.82. The Hall–Kier alpha value is -5.40. The van der Waals surface area contributed by atoms with E-state index in [1.54, 1.807) is 0 Å². The highest BCUT2D eigenvalue weighted by Gasteiger charge is 2.45. The number of rotatable bonds is 6. The van der Waals surface area contributed by atoms with Crippen LogP contribution in [-0.2, 0) is 5.41 Å². The normalized spacial score (nSPS) is 21.5. The van der Waals surface area contributed by atoms with Gasteiger partial charge in [0.1, 0.15) is 0 Å². The molecule has 8 rings (SSSR count). The van der Waals surface area contributed by atoms with Gasteiger partial charge in [0.15, 0.2) is 23.2 Å². The first kappa shape index (κ1) is 30.9. The van der Waals surface area contributed by atoms with Crippen LogP contribution in [0.3, 0.4) is 0 Å². The van der Waals surface area contributed by atoms with Crippen LogP contribution in [0.5, 0.6) is 0 Å². The smallest absolute Gasteiger partial charge is 0.187 e. The Bertz CT molecular complexity index is 2130. The quantitative estimate of drug-likeness (QED) is 0.171. The van der Waals surface area contributed by atoms with Crippen molar-refractivity contribution >= 4 is 5.69 Å². The van der Waals surface area contributed by atoms with Crippen LogP contribution in [0.2, 0.25) is 0 Å². The van der Waals surface area contributed by atoms with Gasteiger partial charge in [-0.25, -0.2) is 19.8 Å². The van der Waals surface area contributed by atoms with Gasteiger partial charge in [0.2, 0.25) is 0 Å². The molecule has 6 aromatic rings. The van der Waals surface area contributed by atoms with Crippen molar-refractivity contribution in [1.29, 1.82) is 0 Å². The highest BCUT2D eigenvalue weighted by atomic mass is 15.0. The van der Waals surface area contributed by atoms with E-state index in [0.29, 0.717) is 28.6 Å². The van der Waals surface area contributed by atoms with Crippen molar-refractivity contribution in [3.8, 4) is 56.4 Å². The fraction of sp³-hybridized carbons (Fsp3) is 0.244. The van der Waals surface area contributed by atoms with Crippen molar-refractivity contribution in [3.05, 3.63) is 144 Å². The number of nitrogens with zero attached hydrogens (tertiary/aromatic N) is 4. The summed E-state index contributed by atoms with van der Waals surface area (Å²) in [7, 11) is 0. The van der Waals surface area contributed by atoms with Crippen molar-refractivity contribution < 1.29 is 0 Å². The topological polar surface area (TPSA) is 43.0 Å². The highest BCUT2D eigenvalue weighted by Crippen LogP contribution is 2.54. The number of aromatic nitrogens is 3. The van der Waals surface area contributed by atoms with Gasteiger partial charge in [-0.05, 0) is 89.2 Å². The Kier molecular flexibility index (Phi) is 8.14. The minimum absolute atomic E-state index is 0.305. The zero-order valence-corrected chi connectivity index (χ0v) is 28.2. The molecular formula is C45H40N4. The summed E-state index contributed by atoms with van der Waals surface area (Å²) in [6, 6.07) is 44.0. The van der Waals surface area contributed by atoms with E-state index < -0.39 is 0 Å². The summed E-state index contributed by atoms with van der Waals surface area (Å²) in [5.74, 6) is 4.35. The van der Waals surface area contributed by atoms with Gasteiger partial charge < -0.3 is 0 Å². The molecule has 49 heavy (non-hydrogen) atoms. The fourth-order valence-electron chi connectivity index (χ4n) is 8.90. The number of hydrogen-bond acceptors (Lipinski definition) is 3. The molecule has 2 aliphatic rings. The van der Waals surface area contributed by atoms with Crippen LogP contribution in [0.15, 0.2) is 127 Å². The molecule has 0 amide bonds. The van der Waals surface area contributed by atoms with E-state index >= 15 is 0 Å². The summed E-state index contributed by atoms with van der Waals surface area (Å²) in [6.07, 6.45) is 6.70. The summed E-state index contributed by atoms with van der Waals surface area (Å²) in [4.78, 5) is 18.8. The van der Waals surface area contributed by atoms with E-state index in [-0.39, 0.29) is 0 Å². The summed E-state index contributed by atoms with van der Waals surface area (Å²) in [6.45, 7) is 12.2. The maximum absolute atomic E-state index is 7.31. The van der Waals surface area contributed by atoms with Gasteiger partial charge in [-0.1, -0.05) is 135 Å². The third-order valence-corrected chi connectivity index (χ3v) is 10.7. The average Bonchev–Trinajstić information content (AvgIpc) is 3.14. The summed E-state index contributed by atoms with van der Waals surface area (Å²) in [5.41, 5.74) is 9.66. The first-order valence-corrected chi connectivity index (χ1v) is 17.6. The van der Waals surface area contributed by atoms with Crippen LogP contribution >= 0.6 is 0 Å². The minimum Gasteiger partial charge on any atom is -0.238 e. The molecule has 2 aliphatic carbocycles. The maximum atomic E-state index is 7.31. The van der Waals surface area contributed by atoms with Gasteiger partial charge in [0.25, 0.3) is 0 Å². The van der Waals surface area contributed by atoms with E-state index in [2.05, 4.69) is 85.4 Å². The SMILES string of the molecule is [C-]#[N+]c1ccc(-c2cccc(-c3nc(-c4ccccc4)nc(-c4ccccc4-c4ccc(C56CC(C[C@@H](C)C5)C[C@H](C)C6)cc4)n3)c2)cc1. The van der Waals surface area contributed by atoms with Gasteiger partial charge >= 0.3 is 0 Å². The van der Waals surface area contributed by atoms with E-state index in [9.17, 15) is 0 Å². The monoisotopic (exact) mass is 636 g/mol. The molecule has 2 fully saturated rings. The molecule has 4 nitrogen and oxygen atoms in total. The lowest BCUT2D eigenvalue weighted by Gasteiger charge is -2.50. The summed E-state index contributed by atoms with van der Waals surface area (Å²) in [5, 5.41) is 0. The molecule has 240 valence electrons. The molecule has 0 spiro atoms. The van der Waals surface area contributed by atoms with Crippen molar-refractivity contribution in [1.82, 2.24) is 15.0 Å². The molecule has 4 atom stereocenters. The molecule has 2 unspecified atom stereocenters. The second-order valence-corrected chi connectivity index (χ2v) is 14.5. The first-order valence-electron chi connectivity index (χ1n) is 17.6. The molecule has 0 aliphatic heterocycles. The molecule has 2 bridgehead atoms. The number of benzene rings is 5. The molecule has 0 N–H and O–H groups in total. The van der Waals surface area contributed by atoms with Crippen LogP contribution in [0.1, 0.15) is 51.5 Å². The Morgan fingerprint density at radius 2 is 1.10 bits per heavy atom. The van der Waals surface area contributed by atoms with E-state index in [1.807, 2.05) is 60.7 Å². The lowest BCUT2D eigenvalue weighted by Crippen LogP contribution is -2.42. The van der Waals surface area contributed by atoms with Gasteiger partial charge in [-0.15, -0.1) is 0 Å². The van der Waals surface area contributed by atoms with Crippen LogP contribution in [-0.4, -0.2) is 15.0 Å². The average molecular weight is 637 g/mol. The second kappa shape index (κ2) is 12.9. The largest absolute Gasteiger partial charge is 0.238 e. The Morgan fingerprint density at radius 1 is 0.531 bits per heavy atom. The zero-order chi connectivity index (χ0) is 33.4. The van der Waals surface area contributed by atoms with Crippen molar-refractivity contribution in [3.63, 3.8) is 0 Å². The molecule has 2 saturated carbocycles. The van der Waals surface area contributed by atoms with E-state index in [4.69, 9.17) is 21.5 Å². The Balaban J connectivity index is 1.20. The van der Waals surface area contributed by atoms with Crippen molar-refractivity contribution in [2.75, 3.05) is 0 Å². The van der Waals surface area contributed by atoms with E-state index in [0.717, 1.165) is 51.1 Å². The van der Waals surface area contributed by atoms with Gasteiger partial charge in [-0.2, -0.15) is 0 Å². The van der Waals surface area contributed by atoms with Crippen LogP contribution in [0.4, 0.5) is 5.69 Å². The predicted molar refractivity (Wildman–Crippen MR) is 200 cm³/mol. The summed E-state index contributed by atoms with van der Waals surface area (Å²) < 4.78 is 0. The van der Waals surface area contributed by atoms with Crippen molar-refractivity contribution in [2.24, 2.45) is 17.8 Å². The third-order valence-electron chi connectivity index (χ3n) is 10.7. The zero-order valence-electron chi connectivity index (χ0n) is 28.2. The summed E-state index contributed by atoms with van der Waals surface area (Å²) >= 11 is 0. The van der Waals surface area contributed by atoms with Crippen LogP contribution in [0.25, 0.3) is 61.3 Å². The number of fused-ring (bicyclic) bond motifs is 2. The lowest BCUT2D eigenvalue weighted by atomic mass is 9.54. The molecule has 0 saturated heterocycles. The third kappa shape index (κ3) is 6.18. The van der Waals surface area contributed by atoms with Crippen LogP contribution < -0.4 is 0 Å². The Labute approximate surface area is 289 Å². The van der Waals surface area contributed by atoms with Gasteiger partial charge in [0.05, 0.1) is 6.57 Å². The molecular weight excluding hydrogens is 597 g/mol. The van der Waals surface area contributed by atoms with Gasteiger partial charge in [0, 0.05) is 16.7 Å².